The van der Waals surface area contributed by atoms with Gasteiger partial charge in [-0.2, -0.15) is 4.98 Å². The third-order valence-corrected chi connectivity index (χ3v) is 3.21. The Morgan fingerprint density at radius 1 is 1.17 bits per heavy atom. The summed E-state index contributed by atoms with van der Waals surface area (Å²) in [6.07, 6.45) is 0. The number of hydrogen-bond donors (Lipinski definition) is 1. The Labute approximate surface area is 132 Å². The van der Waals surface area contributed by atoms with E-state index in [-0.39, 0.29) is 12.5 Å². The van der Waals surface area contributed by atoms with Gasteiger partial charge in [-0.1, -0.05) is 29.4 Å². The maximum atomic E-state index is 12.1. The van der Waals surface area contributed by atoms with Crippen LogP contribution in [-0.2, 0) is 11.3 Å². The molecule has 0 fully saturated rings. The second-order valence-corrected chi connectivity index (χ2v) is 5.02. The molecule has 0 aliphatic carbocycles. The molecule has 0 saturated heterocycles. The second kappa shape index (κ2) is 6.31. The van der Waals surface area contributed by atoms with Gasteiger partial charge < -0.3 is 15.0 Å². The molecular formula is C17H15N3O3. The number of rotatable bonds is 4. The Balaban J connectivity index is 1.75. The van der Waals surface area contributed by atoms with Crippen molar-refractivity contribution in [2.45, 2.75) is 13.5 Å². The monoisotopic (exact) mass is 309 g/mol. The average Bonchev–Trinajstić information content (AvgIpc) is 2.98. The number of benzene rings is 2. The fraction of sp³-hybridized carbons (Fsp3) is 0.118. The summed E-state index contributed by atoms with van der Waals surface area (Å²) in [5, 5.41) is 3.64. The van der Waals surface area contributed by atoms with E-state index in [0.717, 1.165) is 11.1 Å². The van der Waals surface area contributed by atoms with Gasteiger partial charge in [0.1, 0.15) is 0 Å². The maximum Gasteiger partial charge on any atom is 0.338 e. The molecule has 0 aliphatic rings. The van der Waals surface area contributed by atoms with Gasteiger partial charge >= 0.3 is 5.97 Å². The molecule has 0 radical (unpaired) electrons. The summed E-state index contributed by atoms with van der Waals surface area (Å²) in [5.41, 5.74) is 8.73. The van der Waals surface area contributed by atoms with E-state index in [1.807, 2.05) is 30.3 Å². The number of hydrogen-bond acceptors (Lipinski definition) is 6. The molecule has 0 spiro atoms. The van der Waals surface area contributed by atoms with Crippen LogP contribution in [0, 0.1) is 6.92 Å². The topological polar surface area (TPSA) is 91.2 Å². The molecule has 3 aromatic rings. The van der Waals surface area contributed by atoms with Crippen molar-refractivity contribution in [3.8, 4) is 11.1 Å². The zero-order valence-corrected chi connectivity index (χ0v) is 12.5. The third kappa shape index (κ3) is 3.55. The first-order valence-electron chi connectivity index (χ1n) is 7.04. The smallest absolute Gasteiger partial charge is 0.338 e. The number of nitrogens with two attached hydrogens (primary N) is 1. The van der Waals surface area contributed by atoms with Crippen molar-refractivity contribution in [1.29, 1.82) is 0 Å². The Bertz CT molecular complexity index is 842. The summed E-state index contributed by atoms with van der Waals surface area (Å²) in [6, 6.07) is 14.6. The highest BCUT2D eigenvalue weighted by molar-refractivity contribution is 5.91. The van der Waals surface area contributed by atoms with Crippen LogP contribution in [0.4, 0.5) is 5.69 Å². The molecule has 6 heteroatoms. The van der Waals surface area contributed by atoms with Gasteiger partial charge in [-0.15, -0.1) is 0 Å². The SMILES string of the molecule is Cc1noc(COC(=O)c2cccc(-c3cccc(N)c3)c2)n1. The van der Waals surface area contributed by atoms with Gasteiger partial charge in [0, 0.05) is 5.69 Å². The summed E-state index contributed by atoms with van der Waals surface area (Å²) >= 11 is 0. The van der Waals surface area contributed by atoms with Gasteiger partial charge in [0.15, 0.2) is 12.4 Å². The maximum absolute atomic E-state index is 12.1. The van der Waals surface area contributed by atoms with Gasteiger partial charge in [0.25, 0.3) is 5.89 Å². The van der Waals surface area contributed by atoms with Crippen LogP contribution in [0.1, 0.15) is 22.1 Å². The van der Waals surface area contributed by atoms with Crippen molar-refractivity contribution >= 4 is 11.7 Å². The van der Waals surface area contributed by atoms with Crippen LogP contribution in [-0.4, -0.2) is 16.1 Å². The lowest BCUT2D eigenvalue weighted by Gasteiger charge is -2.06. The van der Waals surface area contributed by atoms with Crippen molar-refractivity contribution in [2.24, 2.45) is 0 Å². The first-order valence-corrected chi connectivity index (χ1v) is 7.04. The molecule has 6 nitrogen and oxygen atoms in total. The average molecular weight is 309 g/mol. The predicted octanol–water partition coefficient (Wildman–Crippen LogP) is 2.98. The second-order valence-electron chi connectivity index (χ2n) is 5.02. The molecule has 1 aromatic heterocycles. The van der Waals surface area contributed by atoms with E-state index < -0.39 is 5.97 Å². The molecule has 0 saturated carbocycles. The van der Waals surface area contributed by atoms with E-state index in [9.17, 15) is 4.79 Å². The lowest BCUT2D eigenvalue weighted by molar-refractivity contribution is 0.0430. The minimum absolute atomic E-state index is 0.0534. The lowest BCUT2D eigenvalue weighted by atomic mass is 10.0. The van der Waals surface area contributed by atoms with Crippen LogP contribution in [0.2, 0.25) is 0 Å². The number of esters is 1. The molecule has 0 bridgehead atoms. The molecule has 3 rings (SSSR count). The minimum atomic E-state index is -0.452. The summed E-state index contributed by atoms with van der Waals surface area (Å²) < 4.78 is 10.1. The van der Waals surface area contributed by atoms with E-state index >= 15 is 0 Å². The zero-order valence-electron chi connectivity index (χ0n) is 12.5. The lowest BCUT2D eigenvalue weighted by Crippen LogP contribution is -2.05. The minimum Gasteiger partial charge on any atom is -0.452 e. The molecule has 0 unspecified atom stereocenters. The van der Waals surface area contributed by atoms with E-state index in [1.165, 1.54) is 0 Å². The Morgan fingerprint density at radius 3 is 2.61 bits per heavy atom. The van der Waals surface area contributed by atoms with Crippen molar-refractivity contribution in [1.82, 2.24) is 10.1 Å². The van der Waals surface area contributed by atoms with Gasteiger partial charge in [0.05, 0.1) is 5.56 Å². The summed E-state index contributed by atoms with van der Waals surface area (Å²) in [5.74, 6) is 0.314. The molecular weight excluding hydrogens is 294 g/mol. The molecule has 1 heterocycles. The van der Waals surface area contributed by atoms with Crippen molar-refractivity contribution in [3.63, 3.8) is 0 Å². The van der Waals surface area contributed by atoms with Crippen LogP contribution in [0.3, 0.4) is 0 Å². The van der Waals surface area contributed by atoms with E-state index in [2.05, 4.69) is 10.1 Å². The van der Waals surface area contributed by atoms with Crippen LogP contribution < -0.4 is 5.73 Å². The zero-order chi connectivity index (χ0) is 16.2. The van der Waals surface area contributed by atoms with E-state index in [1.54, 1.807) is 25.1 Å². The van der Waals surface area contributed by atoms with Gasteiger partial charge in [-0.25, -0.2) is 4.79 Å². The van der Waals surface area contributed by atoms with Crippen molar-refractivity contribution in [3.05, 3.63) is 65.8 Å². The van der Waals surface area contributed by atoms with Gasteiger partial charge in [-0.05, 0) is 42.3 Å². The van der Waals surface area contributed by atoms with Crippen molar-refractivity contribution < 1.29 is 14.1 Å². The molecule has 0 atom stereocenters. The number of anilines is 1. The molecule has 2 aromatic carbocycles. The highest BCUT2D eigenvalue weighted by Crippen LogP contribution is 2.22. The third-order valence-electron chi connectivity index (χ3n) is 3.21. The number of nitrogen functional groups attached to an aromatic ring is 1. The molecule has 0 aliphatic heterocycles. The normalized spacial score (nSPS) is 10.5. The van der Waals surface area contributed by atoms with Crippen LogP contribution in [0.15, 0.2) is 53.1 Å². The fourth-order valence-corrected chi connectivity index (χ4v) is 2.15. The number of carbonyl (C=O) groups excluding carboxylic acids is 1. The Hall–Kier alpha value is -3.15. The first-order chi connectivity index (χ1) is 11.1. The largest absolute Gasteiger partial charge is 0.452 e. The molecule has 23 heavy (non-hydrogen) atoms. The number of ether oxygens (including phenoxy) is 1. The molecule has 116 valence electrons. The fourth-order valence-electron chi connectivity index (χ4n) is 2.15. The quantitative estimate of drug-likeness (QED) is 0.588. The summed E-state index contributed by atoms with van der Waals surface area (Å²) in [6.45, 7) is 1.64. The molecule has 0 amide bonds. The summed E-state index contributed by atoms with van der Waals surface area (Å²) in [7, 11) is 0. The van der Waals surface area contributed by atoms with Crippen LogP contribution in [0.25, 0.3) is 11.1 Å². The molecule has 2 N–H and O–H groups in total. The number of aryl methyl sites for hydroxylation is 1. The van der Waals surface area contributed by atoms with E-state index in [4.69, 9.17) is 15.0 Å². The predicted molar refractivity (Wildman–Crippen MR) is 84.4 cm³/mol. The number of aromatic nitrogens is 2. The van der Waals surface area contributed by atoms with Gasteiger partial charge in [-0.3, -0.25) is 0 Å². The summed E-state index contributed by atoms with van der Waals surface area (Å²) in [4.78, 5) is 16.1. The van der Waals surface area contributed by atoms with Crippen LogP contribution >= 0.6 is 0 Å². The number of nitrogens with zero attached hydrogens (tertiary/aromatic N) is 2. The standard InChI is InChI=1S/C17H15N3O3/c1-11-19-16(23-20-11)10-22-17(21)14-6-2-4-12(8-14)13-5-3-7-15(18)9-13/h2-9H,10,18H2,1H3. The van der Waals surface area contributed by atoms with Crippen LogP contribution in [0.5, 0.6) is 0 Å². The van der Waals surface area contributed by atoms with Gasteiger partial charge in [0.2, 0.25) is 0 Å². The highest BCUT2D eigenvalue weighted by atomic mass is 16.6. The number of carbonyl (C=O) groups is 1. The Morgan fingerprint density at radius 2 is 1.91 bits per heavy atom. The van der Waals surface area contributed by atoms with Crippen molar-refractivity contribution in [2.75, 3.05) is 5.73 Å². The Kier molecular flexibility index (Phi) is 4.05. The van der Waals surface area contributed by atoms with E-state index in [0.29, 0.717) is 17.1 Å². The first kappa shape index (κ1) is 14.8. The highest BCUT2D eigenvalue weighted by Gasteiger charge is 2.11.